The number of hydrogen-bond acceptors (Lipinski definition) is 4. The van der Waals surface area contributed by atoms with Gasteiger partial charge in [0, 0.05) is 12.8 Å². The Morgan fingerprint density at radius 2 is 1.91 bits per heavy atom. The number of nitrogens with two attached hydrogens (primary N) is 1. The molecule has 0 aromatic heterocycles. The first-order chi connectivity index (χ1) is 16.6. The molecule has 0 bridgehead atoms. The first-order valence-corrected chi connectivity index (χ1v) is 11.1. The topological polar surface area (TPSA) is 105 Å². The molecule has 2 aromatic carbocycles. The highest BCUT2D eigenvalue weighted by Gasteiger charge is 2.45. The van der Waals surface area contributed by atoms with Crippen LogP contribution in [0.1, 0.15) is 47.9 Å². The van der Waals surface area contributed by atoms with Crippen molar-refractivity contribution in [2.45, 2.75) is 50.7 Å². The predicted molar refractivity (Wildman–Crippen MR) is 124 cm³/mol. The number of nitrogens with zero attached hydrogens (tertiary/aromatic N) is 1. The van der Waals surface area contributed by atoms with E-state index in [9.17, 15) is 23.2 Å². The average Bonchev–Trinajstić information content (AvgIpc) is 3.14. The van der Waals surface area contributed by atoms with Gasteiger partial charge in [0.1, 0.15) is 17.4 Å². The molecule has 4 rings (SSSR count). The summed E-state index contributed by atoms with van der Waals surface area (Å²) in [5.74, 6) is 0.145. The molecule has 0 saturated carbocycles. The number of carbonyl (C=O) groups is 2. The number of amides is 2. The fourth-order valence-corrected chi connectivity index (χ4v) is 4.56. The van der Waals surface area contributed by atoms with E-state index >= 15 is 0 Å². The molecule has 1 spiro atoms. The van der Waals surface area contributed by atoms with Crippen LogP contribution in [-0.4, -0.2) is 25.1 Å². The van der Waals surface area contributed by atoms with Crippen LogP contribution in [-0.2, 0) is 21.5 Å². The van der Waals surface area contributed by atoms with Gasteiger partial charge in [-0.05, 0) is 60.6 Å². The lowest BCUT2D eigenvalue weighted by Gasteiger charge is -2.37. The van der Waals surface area contributed by atoms with Crippen LogP contribution in [0.5, 0.6) is 5.75 Å². The van der Waals surface area contributed by atoms with Gasteiger partial charge in [-0.1, -0.05) is 35.9 Å². The highest BCUT2D eigenvalue weighted by atomic mass is 19.4. The average molecular weight is 486 g/mol. The zero-order chi connectivity index (χ0) is 25.6. The number of nitrogens with one attached hydrogen (secondary N) is 1. The molecule has 35 heavy (non-hydrogen) atoms. The Bertz CT molecular complexity index is 1170. The van der Waals surface area contributed by atoms with E-state index in [1.165, 1.54) is 0 Å². The van der Waals surface area contributed by atoms with Gasteiger partial charge in [0.15, 0.2) is 0 Å². The van der Waals surface area contributed by atoms with Crippen molar-refractivity contribution in [2.24, 2.45) is 5.73 Å². The van der Waals surface area contributed by atoms with E-state index in [2.05, 4.69) is 17.1 Å². The third-order valence-corrected chi connectivity index (χ3v) is 6.16. The second-order valence-electron chi connectivity index (χ2n) is 8.57. The van der Waals surface area contributed by atoms with Crippen molar-refractivity contribution in [1.82, 2.24) is 5.32 Å². The van der Waals surface area contributed by atoms with Gasteiger partial charge in [-0.3, -0.25) is 9.59 Å². The number of nitriles is 1. The molecule has 1 aliphatic heterocycles. The number of primary amides is 1. The molecule has 0 fully saturated rings. The van der Waals surface area contributed by atoms with E-state index in [-0.39, 0.29) is 30.9 Å². The van der Waals surface area contributed by atoms with Crippen molar-refractivity contribution in [3.63, 3.8) is 0 Å². The largest absolute Gasteiger partial charge is 0.494 e. The molecular formula is C26H26F3N3O3. The molecule has 1 aliphatic carbocycles. The molecule has 2 aliphatic rings. The normalized spacial score (nSPS) is 18.8. The van der Waals surface area contributed by atoms with Crippen molar-refractivity contribution >= 4 is 17.9 Å². The fraction of sp³-hybridized carbons (Fsp3) is 0.346. The van der Waals surface area contributed by atoms with Crippen molar-refractivity contribution < 1.29 is 27.5 Å². The van der Waals surface area contributed by atoms with Crippen LogP contribution in [0.25, 0.3) is 5.57 Å². The second-order valence-corrected chi connectivity index (χ2v) is 8.57. The SMILES string of the molecule is Cc1ccc(C2=C(C#N)C(=O)NC3(CCc4cc(OCCCC(F)(F)F)ccc43)C2)cc1.NC=O. The van der Waals surface area contributed by atoms with Crippen LogP contribution in [0.4, 0.5) is 13.2 Å². The Hall–Kier alpha value is -3.80. The van der Waals surface area contributed by atoms with E-state index < -0.39 is 18.1 Å². The molecule has 0 radical (unpaired) electrons. The lowest BCUT2D eigenvalue weighted by molar-refractivity contribution is -0.136. The summed E-state index contributed by atoms with van der Waals surface area (Å²) in [6, 6.07) is 15.3. The summed E-state index contributed by atoms with van der Waals surface area (Å²) in [6.45, 7) is 1.97. The van der Waals surface area contributed by atoms with Gasteiger partial charge in [0.25, 0.3) is 5.91 Å². The predicted octanol–water partition coefficient (Wildman–Crippen LogP) is 4.46. The Morgan fingerprint density at radius 1 is 1.23 bits per heavy atom. The standard InChI is InChI=1S/C25H23F3N2O2.CH3NO/c1-16-3-5-17(6-4-16)20-14-24(30-23(31)21(20)15-29)11-9-18-13-19(7-8-22(18)24)32-12-2-10-25(26,27)28;2-1-3/h3-8,13H,2,9-12,14H2,1H3,(H,30,31);1H,(H2,2,3). The third-order valence-electron chi connectivity index (χ3n) is 6.16. The van der Waals surface area contributed by atoms with E-state index in [1.54, 1.807) is 6.07 Å². The summed E-state index contributed by atoms with van der Waals surface area (Å²) in [7, 11) is 0. The Labute approximate surface area is 201 Å². The molecule has 184 valence electrons. The Morgan fingerprint density at radius 3 is 2.54 bits per heavy atom. The summed E-state index contributed by atoms with van der Waals surface area (Å²) in [5.41, 5.74) is 8.35. The number of carbonyl (C=O) groups excluding carboxylic acids is 2. The third kappa shape index (κ3) is 6.01. The minimum absolute atomic E-state index is 0.00792. The van der Waals surface area contributed by atoms with E-state index in [4.69, 9.17) is 9.53 Å². The van der Waals surface area contributed by atoms with Crippen molar-refractivity contribution in [1.29, 1.82) is 5.26 Å². The van der Waals surface area contributed by atoms with Crippen molar-refractivity contribution in [3.05, 3.63) is 70.3 Å². The smallest absolute Gasteiger partial charge is 0.389 e. The lowest BCUT2D eigenvalue weighted by atomic mass is 9.78. The van der Waals surface area contributed by atoms with E-state index in [0.29, 0.717) is 25.0 Å². The number of hydrogen-bond donors (Lipinski definition) is 2. The number of benzene rings is 2. The van der Waals surface area contributed by atoms with Gasteiger partial charge in [0.2, 0.25) is 6.41 Å². The van der Waals surface area contributed by atoms with Crippen LogP contribution in [0.15, 0.2) is 48.0 Å². The summed E-state index contributed by atoms with van der Waals surface area (Å²) in [4.78, 5) is 21.4. The molecule has 2 amide bonds. The Balaban J connectivity index is 0.00000108. The maximum Gasteiger partial charge on any atom is 0.389 e. The van der Waals surface area contributed by atoms with Gasteiger partial charge in [-0.2, -0.15) is 18.4 Å². The molecule has 2 aromatic rings. The number of rotatable bonds is 5. The molecule has 1 atom stereocenters. The van der Waals surface area contributed by atoms with Crippen LogP contribution in [0.3, 0.4) is 0 Å². The first kappa shape index (κ1) is 25.8. The maximum atomic E-state index is 12.9. The van der Waals surface area contributed by atoms with E-state index in [1.807, 2.05) is 43.3 Å². The summed E-state index contributed by atoms with van der Waals surface area (Å²) < 4.78 is 42.4. The number of alkyl halides is 3. The number of fused-ring (bicyclic) bond motifs is 2. The molecule has 9 heteroatoms. The van der Waals surface area contributed by atoms with Crippen LogP contribution < -0.4 is 15.8 Å². The van der Waals surface area contributed by atoms with E-state index in [0.717, 1.165) is 27.8 Å². The first-order valence-electron chi connectivity index (χ1n) is 11.1. The van der Waals surface area contributed by atoms with Crippen LogP contribution >= 0.6 is 0 Å². The lowest BCUT2D eigenvalue weighted by Crippen LogP contribution is -2.48. The van der Waals surface area contributed by atoms with Gasteiger partial charge < -0.3 is 15.8 Å². The van der Waals surface area contributed by atoms with Gasteiger partial charge in [-0.25, -0.2) is 0 Å². The monoisotopic (exact) mass is 485 g/mol. The summed E-state index contributed by atoms with van der Waals surface area (Å²) in [6.07, 6.45) is -3.01. The highest BCUT2D eigenvalue weighted by molar-refractivity contribution is 6.07. The zero-order valence-electron chi connectivity index (χ0n) is 19.2. The molecule has 1 heterocycles. The fourth-order valence-electron chi connectivity index (χ4n) is 4.56. The molecule has 0 saturated heterocycles. The number of ether oxygens (including phenoxy) is 1. The minimum atomic E-state index is -4.18. The van der Waals surface area contributed by atoms with Crippen molar-refractivity contribution in [2.75, 3.05) is 6.61 Å². The molecule has 1 unspecified atom stereocenters. The number of halogens is 3. The second kappa shape index (κ2) is 10.6. The van der Waals surface area contributed by atoms with Gasteiger partial charge >= 0.3 is 6.18 Å². The molecular weight excluding hydrogens is 459 g/mol. The summed E-state index contributed by atoms with van der Waals surface area (Å²) >= 11 is 0. The van der Waals surface area contributed by atoms with Crippen molar-refractivity contribution in [3.8, 4) is 11.8 Å². The molecule has 6 nitrogen and oxygen atoms in total. The van der Waals surface area contributed by atoms with Crippen LogP contribution in [0.2, 0.25) is 0 Å². The number of aryl methyl sites for hydroxylation is 2. The van der Waals surface area contributed by atoms with Gasteiger partial charge in [0.05, 0.1) is 12.1 Å². The summed E-state index contributed by atoms with van der Waals surface area (Å²) in [5, 5.41) is 12.7. The quantitative estimate of drug-likeness (QED) is 0.482. The highest BCUT2D eigenvalue weighted by Crippen LogP contribution is 2.47. The molecule has 3 N–H and O–H groups in total. The zero-order valence-corrected chi connectivity index (χ0v) is 19.2. The minimum Gasteiger partial charge on any atom is -0.494 e. The Kier molecular flexibility index (Phi) is 7.85. The maximum absolute atomic E-state index is 12.9. The van der Waals surface area contributed by atoms with Crippen LogP contribution in [0, 0.1) is 18.3 Å². The van der Waals surface area contributed by atoms with Gasteiger partial charge in [-0.15, -0.1) is 0 Å².